The Morgan fingerprint density at radius 1 is 0.946 bits per heavy atom. The fourth-order valence-electron chi connectivity index (χ4n) is 3.96. The topological polar surface area (TPSA) is 123 Å². The summed E-state index contributed by atoms with van der Waals surface area (Å²) < 4.78 is 10.5. The van der Waals surface area contributed by atoms with E-state index in [1.165, 1.54) is 0 Å². The van der Waals surface area contributed by atoms with Crippen LogP contribution in [-0.2, 0) is 14.3 Å². The lowest BCUT2D eigenvalue weighted by atomic mass is 10.0. The number of amides is 1. The second kappa shape index (κ2) is 14.6. The lowest BCUT2D eigenvalue weighted by molar-refractivity contribution is -0.149. The summed E-state index contributed by atoms with van der Waals surface area (Å²) in [4.78, 5) is 39.7. The van der Waals surface area contributed by atoms with Crippen LogP contribution in [0, 0.1) is 5.41 Å². The van der Waals surface area contributed by atoms with E-state index in [1.807, 2.05) is 0 Å². The predicted molar refractivity (Wildman–Crippen MR) is 144 cm³/mol. The van der Waals surface area contributed by atoms with Gasteiger partial charge in [0.15, 0.2) is 0 Å². The average Bonchev–Trinajstić information content (AvgIpc) is 2.87. The molecule has 0 bridgehead atoms. The number of nitrogen functional groups attached to an aromatic ring is 1. The molecule has 3 N–H and O–H groups in total. The minimum atomic E-state index is -0.526. The zero-order chi connectivity index (χ0) is 27.4. The molecule has 0 spiro atoms. The third-order valence-electron chi connectivity index (χ3n) is 5.79. The number of esters is 2. The molecule has 0 aromatic heterocycles. The van der Waals surface area contributed by atoms with Gasteiger partial charge in [-0.2, -0.15) is 0 Å². The number of benzene rings is 2. The highest BCUT2D eigenvalue weighted by Gasteiger charge is 2.26. The van der Waals surface area contributed by atoms with Gasteiger partial charge in [-0.05, 0) is 74.7 Å². The molecule has 0 aliphatic heterocycles. The first-order valence-electron chi connectivity index (χ1n) is 12.6. The highest BCUT2D eigenvalue weighted by molar-refractivity contribution is 5.99. The van der Waals surface area contributed by atoms with Crippen molar-refractivity contribution in [2.75, 3.05) is 13.2 Å². The third-order valence-corrected chi connectivity index (χ3v) is 5.79. The fraction of sp³-hybridized carbons (Fsp3) is 0.379. The summed E-state index contributed by atoms with van der Waals surface area (Å²) in [5.74, 6) is -0.875. The Morgan fingerprint density at radius 2 is 1.51 bits per heavy atom. The van der Waals surface area contributed by atoms with Crippen molar-refractivity contribution in [3.63, 3.8) is 0 Å². The smallest absolute Gasteiger partial charge is 0.343 e. The summed E-state index contributed by atoms with van der Waals surface area (Å²) in [6, 6.07) is 13.0. The van der Waals surface area contributed by atoms with Crippen LogP contribution in [0.3, 0.4) is 0 Å². The molecule has 0 saturated heterocycles. The number of hydrogen-bond donors (Lipinski definition) is 2. The summed E-state index contributed by atoms with van der Waals surface area (Å²) in [5.41, 5.74) is 7.56. The SMILES string of the molecule is CCCC(CCC)N(CC(=O)OCC)C(=O)C(C)=Cc1ccc(C(=O)Oc2ccc(C(=N)N)cc2)cc1. The molecule has 0 aliphatic carbocycles. The van der Waals surface area contributed by atoms with E-state index in [0.717, 1.165) is 31.2 Å². The average molecular weight is 508 g/mol. The van der Waals surface area contributed by atoms with Gasteiger partial charge in [0.05, 0.1) is 12.2 Å². The van der Waals surface area contributed by atoms with Crippen molar-refractivity contribution in [1.82, 2.24) is 4.90 Å². The van der Waals surface area contributed by atoms with E-state index in [0.29, 0.717) is 22.4 Å². The molecular formula is C29H37N3O5. The van der Waals surface area contributed by atoms with E-state index in [-0.39, 0.29) is 30.9 Å². The van der Waals surface area contributed by atoms with E-state index in [9.17, 15) is 14.4 Å². The molecular weight excluding hydrogens is 470 g/mol. The molecule has 2 aromatic rings. The van der Waals surface area contributed by atoms with Crippen molar-refractivity contribution >= 4 is 29.8 Å². The number of nitrogens with zero attached hydrogens (tertiary/aromatic N) is 1. The standard InChI is InChI=1S/C29H37N3O5/c1-5-8-24(9-6-2)32(19-26(33)36-7-3)28(34)20(4)18-21-10-12-23(13-11-21)29(35)37-25-16-14-22(15-17-25)27(30)31/h10-18,24H,5-9,19H2,1-4H3,(H3,30,31). The first-order valence-corrected chi connectivity index (χ1v) is 12.6. The van der Waals surface area contributed by atoms with Crippen LogP contribution in [0.15, 0.2) is 54.1 Å². The van der Waals surface area contributed by atoms with Crippen LogP contribution in [0.1, 0.15) is 74.9 Å². The number of amidine groups is 1. The Labute approximate surface area is 218 Å². The van der Waals surface area contributed by atoms with Gasteiger partial charge in [0.2, 0.25) is 5.91 Å². The number of nitrogens with one attached hydrogen (secondary N) is 1. The monoisotopic (exact) mass is 507 g/mol. The lowest BCUT2D eigenvalue weighted by Gasteiger charge is -2.31. The van der Waals surface area contributed by atoms with Crippen LogP contribution in [0.4, 0.5) is 0 Å². The highest BCUT2D eigenvalue weighted by Crippen LogP contribution is 2.19. The Bertz CT molecular complexity index is 1100. The Balaban J connectivity index is 2.16. The summed E-state index contributed by atoms with van der Waals surface area (Å²) >= 11 is 0. The Morgan fingerprint density at radius 3 is 2.03 bits per heavy atom. The molecule has 0 radical (unpaired) electrons. The number of rotatable bonds is 13. The zero-order valence-corrected chi connectivity index (χ0v) is 22.1. The van der Waals surface area contributed by atoms with E-state index >= 15 is 0 Å². The van der Waals surface area contributed by atoms with E-state index in [4.69, 9.17) is 20.6 Å². The molecule has 1 amide bonds. The number of hydrogen-bond acceptors (Lipinski definition) is 6. The maximum atomic E-state index is 13.4. The maximum absolute atomic E-state index is 13.4. The molecule has 2 rings (SSSR count). The normalized spacial score (nSPS) is 11.2. The molecule has 198 valence electrons. The molecule has 0 fully saturated rings. The van der Waals surface area contributed by atoms with Crippen molar-refractivity contribution in [1.29, 1.82) is 5.41 Å². The van der Waals surface area contributed by atoms with Crippen molar-refractivity contribution < 1.29 is 23.9 Å². The molecule has 8 heteroatoms. The van der Waals surface area contributed by atoms with Gasteiger partial charge in [-0.25, -0.2) is 4.79 Å². The Hall–Kier alpha value is -3.94. The van der Waals surface area contributed by atoms with Crippen LogP contribution < -0.4 is 10.5 Å². The van der Waals surface area contributed by atoms with Gasteiger partial charge in [0.25, 0.3) is 0 Å². The summed E-state index contributed by atoms with van der Waals surface area (Å²) in [6.07, 6.45) is 5.16. The molecule has 0 aliphatic rings. The minimum absolute atomic E-state index is 0.0445. The molecule has 0 saturated carbocycles. The second-order valence-corrected chi connectivity index (χ2v) is 8.75. The third kappa shape index (κ3) is 8.90. The maximum Gasteiger partial charge on any atom is 0.343 e. The van der Waals surface area contributed by atoms with Gasteiger partial charge in [-0.3, -0.25) is 15.0 Å². The van der Waals surface area contributed by atoms with Crippen LogP contribution in [0.2, 0.25) is 0 Å². The van der Waals surface area contributed by atoms with Crippen molar-refractivity contribution in [3.05, 3.63) is 70.8 Å². The van der Waals surface area contributed by atoms with Gasteiger partial charge in [-0.1, -0.05) is 38.8 Å². The van der Waals surface area contributed by atoms with Crippen LogP contribution in [0.25, 0.3) is 6.08 Å². The second-order valence-electron chi connectivity index (χ2n) is 8.75. The molecule has 2 aromatic carbocycles. The summed E-state index contributed by atoms with van der Waals surface area (Å²) in [6.45, 7) is 7.77. The minimum Gasteiger partial charge on any atom is -0.465 e. The van der Waals surface area contributed by atoms with Gasteiger partial charge in [0, 0.05) is 17.2 Å². The quantitative estimate of drug-likeness (QED) is 0.130. The fourth-order valence-corrected chi connectivity index (χ4v) is 3.96. The first kappa shape index (κ1) is 29.3. The number of ether oxygens (including phenoxy) is 2. The highest BCUT2D eigenvalue weighted by atomic mass is 16.5. The molecule has 0 atom stereocenters. The van der Waals surface area contributed by atoms with Gasteiger partial charge in [-0.15, -0.1) is 0 Å². The molecule has 0 heterocycles. The van der Waals surface area contributed by atoms with Crippen LogP contribution >= 0.6 is 0 Å². The van der Waals surface area contributed by atoms with Crippen LogP contribution in [0.5, 0.6) is 5.75 Å². The molecule has 0 unspecified atom stereocenters. The van der Waals surface area contributed by atoms with Crippen molar-refractivity contribution in [2.45, 2.75) is 59.4 Å². The van der Waals surface area contributed by atoms with E-state index in [1.54, 1.807) is 73.4 Å². The van der Waals surface area contributed by atoms with Crippen molar-refractivity contribution in [2.24, 2.45) is 5.73 Å². The van der Waals surface area contributed by atoms with Crippen molar-refractivity contribution in [3.8, 4) is 5.75 Å². The predicted octanol–water partition coefficient (Wildman–Crippen LogP) is 4.95. The van der Waals surface area contributed by atoms with Gasteiger partial charge in [0.1, 0.15) is 18.1 Å². The summed E-state index contributed by atoms with van der Waals surface area (Å²) in [7, 11) is 0. The number of nitrogens with two attached hydrogens (primary N) is 1. The Kier molecular flexibility index (Phi) is 11.5. The molecule has 8 nitrogen and oxygen atoms in total. The van der Waals surface area contributed by atoms with E-state index < -0.39 is 11.9 Å². The molecule has 37 heavy (non-hydrogen) atoms. The van der Waals surface area contributed by atoms with E-state index in [2.05, 4.69) is 13.8 Å². The summed E-state index contributed by atoms with van der Waals surface area (Å²) in [5, 5.41) is 7.43. The van der Waals surface area contributed by atoms with Crippen LogP contribution in [-0.4, -0.2) is 47.8 Å². The van der Waals surface area contributed by atoms with Gasteiger partial charge >= 0.3 is 11.9 Å². The number of carbonyl (C=O) groups is 3. The largest absolute Gasteiger partial charge is 0.465 e. The zero-order valence-electron chi connectivity index (χ0n) is 22.1. The van der Waals surface area contributed by atoms with Gasteiger partial charge < -0.3 is 20.1 Å². The lowest BCUT2D eigenvalue weighted by Crippen LogP contribution is -2.44. The first-order chi connectivity index (χ1) is 17.7. The number of carbonyl (C=O) groups excluding carboxylic acids is 3.